The van der Waals surface area contributed by atoms with Gasteiger partial charge < -0.3 is 9.47 Å². The van der Waals surface area contributed by atoms with Gasteiger partial charge in [-0.25, -0.2) is 0 Å². The average molecular weight is 547 g/mol. The summed E-state index contributed by atoms with van der Waals surface area (Å²) in [6.45, 7) is 0. The van der Waals surface area contributed by atoms with Crippen LogP contribution in [0.15, 0.2) is 153 Å². The summed E-state index contributed by atoms with van der Waals surface area (Å²) in [6, 6.07) is 48.7. The zero-order valence-electron chi connectivity index (χ0n) is 21.4. The van der Waals surface area contributed by atoms with Gasteiger partial charge in [-0.2, -0.15) is 0 Å². The second-order valence-electron chi connectivity index (χ2n) is 10.2. The van der Waals surface area contributed by atoms with Crippen LogP contribution in [0.3, 0.4) is 0 Å². The van der Waals surface area contributed by atoms with Crippen LogP contribution in [0.25, 0.3) is 38.6 Å². The van der Waals surface area contributed by atoms with Crippen molar-refractivity contribution in [1.82, 2.24) is 4.57 Å². The number of para-hydroxylation sites is 4. The van der Waals surface area contributed by atoms with Crippen LogP contribution in [0.1, 0.15) is 0 Å². The monoisotopic (exact) mass is 546 g/mol. The molecule has 0 spiro atoms. The molecular weight excluding hydrogens is 525 g/mol. The second kappa shape index (κ2) is 8.56. The molecule has 4 heteroatoms. The molecule has 1 aromatic heterocycles. The van der Waals surface area contributed by atoms with Gasteiger partial charge in [0, 0.05) is 36.0 Å². The molecule has 0 amide bonds. The van der Waals surface area contributed by atoms with Gasteiger partial charge in [-0.3, -0.25) is 0 Å². The minimum absolute atomic E-state index is 1.18. The van der Waals surface area contributed by atoms with E-state index < -0.39 is 0 Å². The maximum Gasteiger partial charge on any atom is 0.0742 e. The smallest absolute Gasteiger partial charge is 0.0742 e. The van der Waals surface area contributed by atoms with Gasteiger partial charge in [0.25, 0.3) is 0 Å². The molecule has 2 aliphatic rings. The largest absolute Gasteiger partial charge is 0.309 e. The van der Waals surface area contributed by atoms with Crippen LogP contribution in [-0.4, -0.2) is 4.57 Å². The summed E-state index contributed by atoms with van der Waals surface area (Å²) in [5.74, 6) is 0. The van der Waals surface area contributed by atoms with Crippen molar-refractivity contribution in [3.63, 3.8) is 0 Å². The number of benzene rings is 6. The van der Waals surface area contributed by atoms with E-state index in [1.807, 2.05) is 23.5 Å². The summed E-state index contributed by atoms with van der Waals surface area (Å²) in [5.41, 5.74) is 9.95. The van der Waals surface area contributed by atoms with Crippen LogP contribution >= 0.6 is 23.5 Å². The fourth-order valence-corrected chi connectivity index (χ4v) is 8.52. The van der Waals surface area contributed by atoms with Crippen LogP contribution in [0, 0.1) is 0 Å². The highest BCUT2D eigenvalue weighted by molar-refractivity contribution is 8.00. The number of hydrogen-bond donors (Lipinski definition) is 0. The first-order valence-electron chi connectivity index (χ1n) is 13.4. The molecule has 0 atom stereocenters. The predicted octanol–water partition coefficient (Wildman–Crippen LogP) is 10.8. The second-order valence-corrected chi connectivity index (χ2v) is 12.4. The van der Waals surface area contributed by atoms with E-state index in [0.29, 0.717) is 0 Å². The molecular formula is C36H22N2S2. The number of hydrogen-bond acceptors (Lipinski definition) is 3. The topological polar surface area (TPSA) is 8.17 Å². The maximum absolute atomic E-state index is 2.46. The Labute approximate surface area is 240 Å². The minimum Gasteiger partial charge on any atom is -0.309 e. The fraction of sp³-hybridized carbons (Fsp3) is 0. The molecule has 0 aliphatic carbocycles. The van der Waals surface area contributed by atoms with Crippen LogP contribution in [0.2, 0.25) is 0 Å². The highest BCUT2D eigenvalue weighted by atomic mass is 32.2. The molecule has 9 rings (SSSR count). The molecule has 0 saturated carbocycles. The zero-order valence-corrected chi connectivity index (χ0v) is 23.0. The Bertz CT molecular complexity index is 2060. The molecule has 6 aromatic carbocycles. The van der Waals surface area contributed by atoms with Crippen molar-refractivity contribution in [3.05, 3.63) is 133 Å². The predicted molar refractivity (Wildman–Crippen MR) is 169 cm³/mol. The Morgan fingerprint density at radius 2 is 1.02 bits per heavy atom. The molecule has 0 radical (unpaired) electrons. The van der Waals surface area contributed by atoms with Crippen molar-refractivity contribution < 1.29 is 0 Å². The lowest BCUT2D eigenvalue weighted by Crippen LogP contribution is -2.18. The van der Waals surface area contributed by atoms with Gasteiger partial charge in [0.1, 0.15) is 0 Å². The van der Waals surface area contributed by atoms with E-state index in [-0.39, 0.29) is 0 Å². The molecule has 2 nitrogen and oxygen atoms in total. The van der Waals surface area contributed by atoms with Crippen molar-refractivity contribution in [1.29, 1.82) is 0 Å². The number of aromatic nitrogens is 1. The number of fused-ring (bicyclic) bond motifs is 7. The molecule has 2 aliphatic heterocycles. The van der Waals surface area contributed by atoms with Gasteiger partial charge in [0.05, 0.1) is 28.1 Å². The van der Waals surface area contributed by atoms with Gasteiger partial charge in [0.15, 0.2) is 0 Å². The number of anilines is 3. The summed E-state index contributed by atoms with van der Waals surface area (Å²) in [7, 11) is 0. The SMILES string of the molecule is c1ccc(-n2c3ccccc3c3ccc(-c4cc5c6c(c4)Sc4ccccc4N6c4ccccc4S5)cc32)cc1. The molecule has 0 saturated heterocycles. The van der Waals surface area contributed by atoms with Gasteiger partial charge in [-0.1, -0.05) is 96.3 Å². The van der Waals surface area contributed by atoms with Crippen molar-refractivity contribution in [2.45, 2.75) is 19.6 Å². The molecule has 188 valence electrons. The maximum atomic E-state index is 2.46. The van der Waals surface area contributed by atoms with E-state index in [1.54, 1.807) is 0 Å². The van der Waals surface area contributed by atoms with Crippen molar-refractivity contribution >= 4 is 62.4 Å². The lowest BCUT2D eigenvalue weighted by atomic mass is 10.0. The molecule has 0 fully saturated rings. The first-order chi connectivity index (χ1) is 19.8. The molecule has 40 heavy (non-hydrogen) atoms. The third kappa shape index (κ3) is 3.21. The van der Waals surface area contributed by atoms with Crippen LogP contribution in [0.4, 0.5) is 17.1 Å². The van der Waals surface area contributed by atoms with Gasteiger partial charge in [-0.05, 0) is 71.8 Å². The highest BCUT2D eigenvalue weighted by Crippen LogP contribution is 2.60. The third-order valence-electron chi connectivity index (χ3n) is 7.94. The Hall–Kier alpha value is -4.38. The highest BCUT2D eigenvalue weighted by Gasteiger charge is 2.33. The van der Waals surface area contributed by atoms with E-state index in [1.165, 1.54) is 75.3 Å². The van der Waals surface area contributed by atoms with E-state index in [9.17, 15) is 0 Å². The van der Waals surface area contributed by atoms with Gasteiger partial charge >= 0.3 is 0 Å². The van der Waals surface area contributed by atoms with Crippen molar-refractivity contribution in [2.75, 3.05) is 4.90 Å². The minimum atomic E-state index is 1.18. The summed E-state index contributed by atoms with van der Waals surface area (Å²) < 4.78 is 2.40. The summed E-state index contributed by atoms with van der Waals surface area (Å²) >= 11 is 3.76. The van der Waals surface area contributed by atoms with Crippen LogP contribution in [0.5, 0.6) is 0 Å². The molecule has 3 heterocycles. The lowest BCUT2D eigenvalue weighted by molar-refractivity contribution is 1.09. The van der Waals surface area contributed by atoms with Crippen molar-refractivity contribution in [2.24, 2.45) is 0 Å². The Morgan fingerprint density at radius 1 is 0.425 bits per heavy atom. The number of nitrogens with zero attached hydrogens (tertiary/aromatic N) is 2. The van der Waals surface area contributed by atoms with Crippen LogP contribution < -0.4 is 4.90 Å². The Morgan fingerprint density at radius 3 is 1.75 bits per heavy atom. The van der Waals surface area contributed by atoms with E-state index >= 15 is 0 Å². The summed E-state index contributed by atoms with van der Waals surface area (Å²) in [5, 5.41) is 2.56. The van der Waals surface area contributed by atoms with E-state index in [2.05, 4.69) is 143 Å². The number of rotatable bonds is 2. The quantitative estimate of drug-likeness (QED) is 0.213. The molecule has 0 N–H and O–H groups in total. The fourth-order valence-electron chi connectivity index (χ4n) is 6.19. The van der Waals surface area contributed by atoms with E-state index in [4.69, 9.17) is 0 Å². The standard InChI is InChI=1S/C36H22N2S2/c1-2-10-25(11-3-1)37-28-13-5-4-12-26(28)27-19-18-23(20-31(27)37)24-21-34-36-35(22-24)40-33-17-9-7-15-30(33)38(36)29-14-6-8-16-32(29)39-34/h1-22H. The summed E-state index contributed by atoms with van der Waals surface area (Å²) in [4.78, 5) is 7.65. The zero-order chi connectivity index (χ0) is 26.2. The molecule has 7 aromatic rings. The summed E-state index contributed by atoms with van der Waals surface area (Å²) in [6.07, 6.45) is 0. The Balaban J connectivity index is 1.28. The average Bonchev–Trinajstić information content (AvgIpc) is 3.35. The first kappa shape index (κ1) is 22.4. The van der Waals surface area contributed by atoms with E-state index in [0.717, 1.165) is 0 Å². The third-order valence-corrected chi connectivity index (χ3v) is 10.1. The van der Waals surface area contributed by atoms with Crippen LogP contribution in [-0.2, 0) is 0 Å². The lowest BCUT2D eigenvalue weighted by Gasteiger charge is -2.38. The van der Waals surface area contributed by atoms with Gasteiger partial charge in [0.2, 0.25) is 0 Å². The van der Waals surface area contributed by atoms with Crippen molar-refractivity contribution in [3.8, 4) is 16.8 Å². The molecule has 0 unspecified atom stereocenters. The normalized spacial score (nSPS) is 13.2. The van der Waals surface area contributed by atoms with Gasteiger partial charge in [-0.15, -0.1) is 0 Å². The molecule has 0 bridgehead atoms. The first-order valence-corrected chi connectivity index (χ1v) is 15.1. The Kier molecular flexibility index (Phi) is 4.80.